The van der Waals surface area contributed by atoms with Crippen LogP contribution in [0.4, 0.5) is 9.52 Å². The molecule has 0 saturated carbocycles. The fraction of sp³-hybridized carbons (Fsp3) is 0.235. The number of carbonyl (C=O) groups excluding carboxylic acids is 2. The Balaban J connectivity index is 1.89. The number of anilines is 1. The van der Waals surface area contributed by atoms with Crippen molar-refractivity contribution in [2.24, 2.45) is 0 Å². The SMILES string of the molecule is CNCC(NC(C)=O)C(=O)Nc1nc2ccc3cc(F)ccc3c2s1. The molecule has 0 aliphatic heterocycles. The number of carbonyl (C=O) groups is 2. The van der Waals surface area contributed by atoms with Crippen molar-refractivity contribution in [2.45, 2.75) is 13.0 Å². The van der Waals surface area contributed by atoms with Gasteiger partial charge < -0.3 is 16.0 Å². The molecule has 0 spiro atoms. The van der Waals surface area contributed by atoms with Crippen LogP contribution in [0.1, 0.15) is 6.92 Å². The summed E-state index contributed by atoms with van der Waals surface area (Å²) < 4.78 is 14.2. The van der Waals surface area contributed by atoms with Crippen LogP contribution in [-0.2, 0) is 9.59 Å². The van der Waals surface area contributed by atoms with E-state index in [-0.39, 0.29) is 17.6 Å². The van der Waals surface area contributed by atoms with Crippen molar-refractivity contribution in [2.75, 3.05) is 18.9 Å². The number of aromatic nitrogens is 1. The first kappa shape index (κ1) is 17.2. The Labute approximate surface area is 147 Å². The fourth-order valence-electron chi connectivity index (χ4n) is 2.59. The molecule has 2 aromatic carbocycles. The highest BCUT2D eigenvalue weighted by molar-refractivity contribution is 7.23. The third-order valence-corrected chi connectivity index (χ3v) is 4.68. The van der Waals surface area contributed by atoms with Gasteiger partial charge in [-0.25, -0.2) is 9.37 Å². The number of fused-ring (bicyclic) bond motifs is 3. The molecular weight excluding hydrogens is 343 g/mol. The summed E-state index contributed by atoms with van der Waals surface area (Å²) in [5, 5.41) is 10.3. The van der Waals surface area contributed by atoms with E-state index in [4.69, 9.17) is 0 Å². The van der Waals surface area contributed by atoms with Crippen LogP contribution in [-0.4, -0.2) is 36.4 Å². The summed E-state index contributed by atoms with van der Waals surface area (Å²) in [5.41, 5.74) is 0.726. The number of amides is 2. The zero-order valence-electron chi connectivity index (χ0n) is 13.7. The number of hydrogen-bond acceptors (Lipinski definition) is 5. The highest BCUT2D eigenvalue weighted by atomic mass is 32.1. The van der Waals surface area contributed by atoms with Gasteiger partial charge >= 0.3 is 0 Å². The maximum atomic E-state index is 13.4. The van der Waals surface area contributed by atoms with Crippen molar-refractivity contribution in [1.82, 2.24) is 15.6 Å². The Morgan fingerprint density at radius 1 is 1.28 bits per heavy atom. The third-order valence-electron chi connectivity index (χ3n) is 3.66. The monoisotopic (exact) mass is 360 g/mol. The number of nitrogens with one attached hydrogen (secondary N) is 3. The first-order valence-electron chi connectivity index (χ1n) is 7.69. The Morgan fingerprint density at radius 3 is 2.80 bits per heavy atom. The second kappa shape index (κ2) is 7.12. The maximum absolute atomic E-state index is 13.4. The second-order valence-electron chi connectivity index (χ2n) is 5.60. The highest BCUT2D eigenvalue weighted by Crippen LogP contribution is 2.33. The predicted molar refractivity (Wildman–Crippen MR) is 97.2 cm³/mol. The first-order chi connectivity index (χ1) is 12.0. The number of hydrogen-bond donors (Lipinski definition) is 3. The highest BCUT2D eigenvalue weighted by Gasteiger charge is 2.20. The van der Waals surface area contributed by atoms with E-state index >= 15 is 0 Å². The van der Waals surface area contributed by atoms with Gasteiger partial charge in [-0.1, -0.05) is 17.4 Å². The van der Waals surface area contributed by atoms with Crippen molar-refractivity contribution in [3.8, 4) is 0 Å². The van der Waals surface area contributed by atoms with E-state index in [1.165, 1.54) is 30.4 Å². The Hall–Kier alpha value is -2.58. The predicted octanol–water partition coefficient (Wildman–Crippen LogP) is 2.25. The smallest absolute Gasteiger partial charge is 0.250 e. The second-order valence-corrected chi connectivity index (χ2v) is 6.60. The van der Waals surface area contributed by atoms with Crippen LogP contribution in [0, 0.1) is 5.82 Å². The Kier molecular flexibility index (Phi) is 4.91. The van der Waals surface area contributed by atoms with Crippen LogP contribution in [0.3, 0.4) is 0 Å². The number of rotatable bonds is 5. The molecule has 0 aliphatic carbocycles. The van der Waals surface area contributed by atoms with Crippen LogP contribution in [0.5, 0.6) is 0 Å². The summed E-state index contributed by atoms with van der Waals surface area (Å²) in [6, 6.07) is 7.47. The Bertz CT molecular complexity index is 956. The van der Waals surface area contributed by atoms with Crippen molar-refractivity contribution >= 4 is 49.3 Å². The minimum Gasteiger partial charge on any atom is -0.343 e. The van der Waals surface area contributed by atoms with Crippen LogP contribution in [0.15, 0.2) is 30.3 Å². The van der Waals surface area contributed by atoms with Crippen molar-refractivity contribution in [3.05, 3.63) is 36.1 Å². The van der Waals surface area contributed by atoms with Gasteiger partial charge in [0.1, 0.15) is 11.9 Å². The molecule has 25 heavy (non-hydrogen) atoms. The lowest BCUT2D eigenvalue weighted by Crippen LogP contribution is -2.48. The molecule has 3 aromatic rings. The molecule has 1 heterocycles. The zero-order chi connectivity index (χ0) is 18.0. The molecule has 1 aromatic heterocycles. The van der Waals surface area contributed by atoms with Gasteiger partial charge in [0, 0.05) is 18.9 Å². The molecule has 6 nitrogen and oxygen atoms in total. The van der Waals surface area contributed by atoms with E-state index in [2.05, 4.69) is 20.9 Å². The van der Waals surface area contributed by atoms with Gasteiger partial charge in [0.05, 0.1) is 10.2 Å². The quantitative estimate of drug-likeness (QED) is 0.652. The average molecular weight is 360 g/mol. The number of halogens is 1. The third kappa shape index (κ3) is 3.75. The standard InChI is InChI=1S/C17H17FN4O2S/c1-9(23)20-14(8-19-2)16(24)22-17-21-13-6-3-10-7-11(18)4-5-12(10)15(13)25-17/h3-7,14,19H,8H2,1-2H3,(H,20,23)(H,21,22,24). The van der Waals surface area contributed by atoms with Gasteiger partial charge in [0.15, 0.2) is 5.13 Å². The van der Waals surface area contributed by atoms with E-state index in [0.29, 0.717) is 11.7 Å². The van der Waals surface area contributed by atoms with E-state index in [0.717, 1.165) is 21.0 Å². The van der Waals surface area contributed by atoms with Gasteiger partial charge in [-0.2, -0.15) is 0 Å². The molecule has 1 atom stereocenters. The summed E-state index contributed by atoms with van der Waals surface area (Å²) in [6.07, 6.45) is 0. The number of nitrogens with zero attached hydrogens (tertiary/aromatic N) is 1. The molecule has 1 unspecified atom stereocenters. The van der Waals surface area contributed by atoms with Crippen molar-refractivity contribution < 1.29 is 14.0 Å². The van der Waals surface area contributed by atoms with E-state index in [1.54, 1.807) is 25.2 Å². The van der Waals surface area contributed by atoms with E-state index < -0.39 is 6.04 Å². The first-order valence-corrected chi connectivity index (χ1v) is 8.51. The molecule has 2 amide bonds. The normalized spacial score (nSPS) is 12.3. The van der Waals surface area contributed by atoms with Gasteiger partial charge in [-0.3, -0.25) is 9.59 Å². The molecule has 0 aliphatic rings. The molecule has 3 rings (SSSR count). The van der Waals surface area contributed by atoms with E-state index in [9.17, 15) is 14.0 Å². The van der Waals surface area contributed by atoms with Gasteiger partial charge in [-0.05, 0) is 36.7 Å². The van der Waals surface area contributed by atoms with Gasteiger partial charge in [0.25, 0.3) is 0 Å². The minimum absolute atomic E-state index is 0.285. The average Bonchev–Trinajstić information content (AvgIpc) is 2.96. The summed E-state index contributed by atoms with van der Waals surface area (Å²) in [6.45, 7) is 1.66. The summed E-state index contributed by atoms with van der Waals surface area (Å²) in [4.78, 5) is 28.0. The van der Waals surface area contributed by atoms with Crippen molar-refractivity contribution in [1.29, 1.82) is 0 Å². The summed E-state index contributed by atoms with van der Waals surface area (Å²) in [7, 11) is 1.70. The molecule has 0 fully saturated rings. The lowest BCUT2D eigenvalue weighted by molar-refractivity contribution is -0.125. The van der Waals surface area contributed by atoms with Crippen LogP contribution in [0.2, 0.25) is 0 Å². The fourth-order valence-corrected chi connectivity index (χ4v) is 3.59. The molecule has 0 saturated heterocycles. The van der Waals surface area contributed by atoms with Crippen LogP contribution >= 0.6 is 11.3 Å². The van der Waals surface area contributed by atoms with Gasteiger partial charge in [-0.15, -0.1) is 0 Å². The molecule has 130 valence electrons. The van der Waals surface area contributed by atoms with Gasteiger partial charge in [0.2, 0.25) is 11.8 Å². The number of benzene rings is 2. The number of thiazole rings is 1. The topological polar surface area (TPSA) is 83.1 Å². The van der Waals surface area contributed by atoms with Crippen LogP contribution in [0.25, 0.3) is 21.0 Å². The molecule has 3 N–H and O–H groups in total. The van der Waals surface area contributed by atoms with Crippen molar-refractivity contribution in [3.63, 3.8) is 0 Å². The Morgan fingerprint density at radius 2 is 2.08 bits per heavy atom. The largest absolute Gasteiger partial charge is 0.343 e. The molecule has 8 heteroatoms. The molecule has 0 radical (unpaired) electrons. The number of likely N-dealkylation sites (N-methyl/N-ethyl adjacent to an activating group) is 1. The minimum atomic E-state index is -0.694. The summed E-state index contributed by atoms with van der Waals surface area (Å²) >= 11 is 1.32. The molecule has 0 bridgehead atoms. The zero-order valence-corrected chi connectivity index (χ0v) is 14.5. The maximum Gasteiger partial charge on any atom is 0.250 e. The lowest BCUT2D eigenvalue weighted by atomic mass is 10.1. The summed E-state index contributed by atoms with van der Waals surface area (Å²) in [5.74, 6) is -0.929. The lowest BCUT2D eigenvalue weighted by Gasteiger charge is -2.15. The van der Waals surface area contributed by atoms with Crippen LogP contribution < -0.4 is 16.0 Å². The van der Waals surface area contributed by atoms with E-state index in [1.807, 2.05) is 0 Å². The molecular formula is C17H17FN4O2S.